The minimum Gasteiger partial charge on any atom is -0.305 e. The summed E-state index contributed by atoms with van der Waals surface area (Å²) in [5, 5.41) is 0.270. The first-order chi connectivity index (χ1) is 10.1. The van der Waals surface area contributed by atoms with Gasteiger partial charge in [-0.25, -0.2) is 0 Å². The summed E-state index contributed by atoms with van der Waals surface area (Å²) in [6.45, 7) is 4.05. The molecule has 0 aromatic heterocycles. The number of Topliss-reactive ketones (excluding diaryl/α,β-unsaturated/α-hetero) is 1. The molecule has 0 radical (unpaired) electrons. The van der Waals surface area contributed by atoms with Crippen LogP contribution >= 0.6 is 31.1 Å². The van der Waals surface area contributed by atoms with Gasteiger partial charge in [0, 0.05) is 11.5 Å². The Labute approximate surface area is 134 Å². The van der Waals surface area contributed by atoms with Gasteiger partial charge in [-0.15, -0.1) is 23.5 Å². The average Bonchev–Trinajstić information content (AvgIpc) is 3.12. The van der Waals surface area contributed by atoms with Gasteiger partial charge in [-0.2, -0.15) is 0 Å². The van der Waals surface area contributed by atoms with Crippen molar-refractivity contribution in [3.63, 3.8) is 0 Å². The van der Waals surface area contributed by atoms with Gasteiger partial charge < -0.3 is 9.05 Å². The number of carbonyl (C=O) groups is 1. The van der Waals surface area contributed by atoms with Gasteiger partial charge in [0.1, 0.15) is 5.31 Å². The van der Waals surface area contributed by atoms with Gasteiger partial charge in [-0.3, -0.25) is 9.36 Å². The van der Waals surface area contributed by atoms with Crippen molar-refractivity contribution < 1.29 is 18.4 Å². The molecule has 118 valence electrons. The van der Waals surface area contributed by atoms with E-state index in [1.807, 2.05) is 6.08 Å². The summed E-state index contributed by atoms with van der Waals surface area (Å²) >= 11 is 3.16. The highest BCUT2D eigenvalue weighted by Crippen LogP contribution is 2.61. The van der Waals surface area contributed by atoms with Crippen LogP contribution in [0.15, 0.2) is 21.2 Å². The van der Waals surface area contributed by atoms with Crippen LogP contribution in [0.5, 0.6) is 0 Å². The van der Waals surface area contributed by atoms with E-state index in [1.165, 1.54) is 0 Å². The fraction of sp³-hybridized carbons (Fsp3) is 0.643. The van der Waals surface area contributed by atoms with E-state index < -0.39 is 7.60 Å². The SMILES string of the molecule is CCOP(=O)(OCC)C(C(=O)C1=CCCC1)=C1SCCS1. The van der Waals surface area contributed by atoms with Crippen molar-refractivity contribution >= 4 is 36.9 Å². The Hall–Kier alpha value is -0.000000000000000111. The number of thioether (sulfide) groups is 2. The second kappa shape index (κ2) is 8.02. The monoisotopic (exact) mass is 348 g/mol. The Morgan fingerprint density at radius 2 is 1.86 bits per heavy atom. The number of carbonyl (C=O) groups excluding carboxylic acids is 1. The maximum Gasteiger partial charge on any atom is 0.366 e. The van der Waals surface area contributed by atoms with Crippen LogP contribution in [-0.2, 0) is 18.4 Å². The molecule has 4 nitrogen and oxygen atoms in total. The first-order valence-corrected chi connectivity index (χ1v) is 10.8. The lowest BCUT2D eigenvalue weighted by atomic mass is 10.1. The van der Waals surface area contributed by atoms with Gasteiger partial charge in [0.15, 0.2) is 5.78 Å². The standard InChI is InChI=1S/C14H21O4PS2/c1-3-17-19(16,18-4-2)13(14-20-9-10-21-14)12(15)11-7-5-6-8-11/h7H,3-6,8-10H2,1-2H3. The highest BCUT2D eigenvalue weighted by Gasteiger charge is 2.40. The lowest BCUT2D eigenvalue weighted by Gasteiger charge is -2.21. The van der Waals surface area contributed by atoms with Crippen LogP contribution in [0.4, 0.5) is 0 Å². The van der Waals surface area contributed by atoms with Crippen LogP contribution in [0.25, 0.3) is 0 Å². The van der Waals surface area contributed by atoms with Crippen LogP contribution in [0.2, 0.25) is 0 Å². The predicted molar refractivity (Wildman–Crippen MR) is 89.7 cm³/mol. The van der Waals surface area contributed by atoms with E-state index in [1.54, 1.807) is 37.4 Å². The summed E-state index contributed by atoms with van der Waals surface area (Å²) < 4.78 is 24.8. The van der Waals surface area contributed by atoms with Gasteiger partial charge in [-0.1, -0.05) is 6.08 Å². The van der Waals surface area contributed by atoms with E-state index >= 15 is 0 Å². The number of ketones is 1. The Kier molecular flexibility index (Phi) is 6.63. The molecule has 1 aliphatic carbocycles. The van der Waals surface area contributed by atoms with Crippen LogP contribution < -0.4 is 0 Å². The topological polar surface area (TPSA) is 52.6 Å². The molecule has 1 fully saturated rings. The molecule has 0 amide bonds. The van der Waals surface area contributed by atoms with E-state index in [4.69, 9.17) is 9.05 Å². The first-order valence-electron chi connectivity index (χ1n) is 7.25. The smallest absolute Gasteiger partial charge is 0.305 e. The molecule has 2 rings (SSSR count). The fourth-order valence-corrected chi connectivity index (χ4v) is 7.33. The summed E-state index contributed by atoms with van der Waals surface area (Å²) in [5.74, 6) is 1.71. The Balaban J connectivity index is 2.42. The molecular formula is C14H21O4PS2. The van der Waals surface area contributed by atoms with E-state index in [0.717, 1.165) is 40.6 Å². The highest BCUT2D eigenvalue weighted by atomic mass is 32.2. The summed E-state index contributed by atoms with van der Waals surface area (Å²) in [5.41, 5.74) is 0.755. The molecule has 2 aliphatic rings. The van der Waals surface area contributed by atoms with Crippen LogP contribution in [0, 0.1) is 0 Å². The Morgan fingerprint density at radius 1 is 1.24 bits per heavy atom. The molecule has 21 heavy (non-hydrogen) atoms. The predicted octanol–water partition coefficient (Wildman–Crippen LogP) is 4.58. The largest absolute Gasteiger partial charge is 0.366 e. The molecule has 1 heterocycles. The normalized spacial score (nSPS) is 19.0. The Bertz CT molecular complexity index is 495. The zero-order valence-corrected chi connectivity index (χ0v) is 15.0. The summed E-state index contributed by atoms with van der Waals surface area (Å²) in [6, 6.07) is 0. The van der Waals surface area contributed by atoms with Crippen molar-refractivity contribution in [1.29, 1.82) is 0 Å². The maximum absolute atomic E-state index is 13.1. The highest BCUT2D eigenvalue weighted by molar-refractivity contribution is 8.25. The number of hydrogen-bond donors (Lipinski definition) is 0. The van der Waals surface area contributed by atoms with Gasteiger partial charge in [0.2, 0.25) is 0 Å². The molecule has 0 aromatic carbocycles. The van der Waals surface area contributed by atoms with Crippen molar-refractivity contribution in [1.82, 2.24) is 0 Å². The van der Waals surface area contributed by atoms with Gasteiger partial charge >= 0.3 is 7.60 Å². The van der Waals surface area contributed by atoms with Crippen molar-refractivity contribution in [2.45, 2.75) is 33.1 Å². The molecule has 0 bridgehead atoms. The van der Waals surface area contributed by atoms with Crippen molar-refractivity contribution in [3.05, 3.63) is 21.2 Å². The van der Waals surface area contributed by atoms with Gasteiger partial charge in [0.05, 0.1) is 17.5 Å². The van der Waals surface area contributed by atoms with E-state index in [2.05, 4.69) is 0 Å². The molecule has 0 atom stereocenters. The molecule has 1 aliphatic heterocycles. The second-order valence-electron chi connectivity index (χ2n) is 4.62. The molecule has 1 saturated heterocycles. The van der Waals surface area contributed by atoms with Crippen molar-refractivity contribution in [2.24, 2.45) is 0 Å². The molecule has 0 unspecified atom stereocenters. The third-order valence-electron chi connectivity index (χ3n) is 3.16. The summed E-state index contributed by atoms with van der Waals surface area (Å²) in [6.07, 6.45) is 4.60. The Morgan fingerprint density at radius 3 is 2.33 bits per heavy atom. The quantitative estimate of drug-likeness (QED) is 0.496. The molecule has 0 N–H and O–H groups in total. The third kappa shape index (κ3) is 4.05. The lowest BCUT2D eigenvalue weighted by Crippen LogP contribution is -2.11. The molecule has 0 aromatic rings. The lowest BCUT2D eigenvalue weighted by molar-refractivity contribution is -0.111. The van der Waals surface area contributed by atoms with E-state index in [9.17, 15) is 9.36 Å². The average molecular weight is 348 g/mol. The molecular weight excluding hydrogens is 327 g/mol. The van der Waals surface area contributed by atoms with E-state index in [0.29, 0.717) is 0 Å². The van der Waals surface area contributed by atoms with Crippen molar-refractivity contribution in [3.8, 4) is 0 Å². The molecule has 0 saturated carbocycles. The van der Waals surface area contributed by atoms with Crippen LogP contribution in [-0.4, -0.2) is 30.5 Å². The minimum atomic E-state index is -3.54. The van der Waals surface area contributed by atoms with Gasteiger partial charge in [-0.05, 0) is 38.7 Å². The molecule has 0 spiro atoms. The molecule has 7 heteroatoms. The number of allylic oxidation sites excluding steroid dienone is 3. The van der Waals surface area contributed by atoms with Crippen molar-refractivity contribution in [2.75, 3.05) is 24.7 Å². The summed E-state index contributed by atoms with van der Waals surface area (Å²) in [4.78, 5) is 12.8. The number of rotatable bonds is 7. The van der Waals surface area contributed by atoms with E-state index in [-0.39, 0.29) is 24.3 Å². The summed E-state index contributed by atoms with van der Waals surface area (Å²) in [7, 11) is -3.54. The van der Waals surface area contributed by atoms with Crippen LogP contribution in [0.3, 0.4) is 0 Å². The zero-order valence-electron chi connectivity index (χ0n) is 12.4. The minimum absolute atomic E-state index is 0.144. The zero-order chi connectivity index (χ0) is 15.3. The second-order valence-corrected chi connectivity index (χ2v) is 9.04. The third-order valence-corrected chi connectivity index (χ3v) is 8.35. The maximum atomic E-state index is 13.1. The first kappa shape index (κ1) is 17.4. The van der Waals surface area contributed by atoms with Crippen LogP contribution in [0.1, 0.15) is 33.1 Å². The number of hydrogen-bond acceptors (Lipinski definition) is 6. The fourth-order valence-electron chi connectivity index (χ4n) is 2.31. The van der Waals surface area contributed by atoms with Gasteiger partial charge in [0.25, 0.3) is 0 Å².